The third-order valence-electron chi connectivity index (χ3n) is 8.85. The van der Waals surface area contributed by atoms with Crippen molar-refractivity contribution >= 4 is 12.6 Å². The number of carbonyl (C=O) groups is 2. The Bertz CT molecular complexity index is 1000. The molecule has 0 bridgehead atoms. The van der Waals surface area contributed by atoms with Crippen LogP contribution in [0.3, 0.4) is 0 Å². The highest BCUT2D eigenvalue weighted by atomic mass is 16.5. The number of allylic oxidation sites excluding steroid dienone is 2. The summed E-state index contributed by atoms with van der Waals surface area (Å²) in [4.78, 5) is 23.8. The maximum Gasteiger partial charge on any atom is 0.157 e. The van der Waals surface area contributed by atoms with Crippen LogP contribution in [0.5, 0.6) is 17.2 Å². The zero-order chi connectivity index (χ0) is 24.3. The average Bonchev–Trinajstić information content (AvgIpc) is 3.24. The monoisotopic (exact) mass is 454 g/mol. The first kappa shape index (κ1) is 23.8. The molecule has 0 spiro atoms. The number of aldehydes is 2. The van der Waals surface area contributed by atoms with Gasteiger partial charge < -0.3 is 14.9 Å². The molecule has 5 nitrogen and oxygen atoms in total. The number of aromatic hydroxyl groups is 2. The topological polar surface area (TPSA) is 83.8 Å². The van der Waals surface area contributed by atoms with Gasteiger partial charge in [-0.1, -0.05) is 39.3 Å². The highest BCUT2D eigenvalue weighted by Gasteiger charge is 2.57. The fraction of sp³-hybridized carbons (Fsp3) is 0.643. The molecule has 0 amide bonds. The second-order valence-electron chi connectivity index (χ2n) is 11.8. The van der Waals surface area contributed by atoms with E-state index in [0.717, 1.165) is 32.1 Å². The summed E-state index contributed by atoms with van der Waals surface area (Å²) in [5.74, 6) is 1.08. The predicted molar refractivity (Wildman–Crippen MR) is 128 cm³/mol. The van der Waals surface area contributed by atoms with E-state index in [1.807, 2.05) is 0 Å². The molecular formula is C28H38O5. The summed E-state index contributed by atoms with van der Waals surface area (Å²) in [6, 6.07) is 0. The van der Waals surface area contributed by atoms with Crippen molar-refractivity contribution in [2.75, 3.05) is 0 Å². The van der Waals surface area contributed by atoms with Gasteiger partial charge in [-0.2, -0.15) is 0 Å². The molecule has 2 unspecified atom stereocenters. The molecule has 1 fully saturated rings. The molecule has 0 aromatic heterocycles. The van der Waals surface area contributed by atoms with Gasteiger partial charge in [0.25, 0.3) is 0 Å². The van der Waals surface area contributed by atoms with E-state index in [2.05, 4.69) is 47.6 Å². The number of hydrogen-bond donors (Lipinski definition) is 2. The fourth-order valence-electron chi connectivity index (χ4n) is 6.79. The van der Waals surface area contributed by atoms with Gasteiger partial charge in [-0.3, -0.25) is 9.59 Å². The molecule has 1 saturated carbocycles. The van der Waals surface area contributed by atoms with Gasteiger partial charge in [0.15, 0.2) is 12.6 Å². The molecule has 4 rings (SSSR count). The van der Waals surface area contributed by atoms with Crippen LogP contribution in [0.1, 0.15) is 106 Å². The Morgan fingerprint density at radius 3 is 2.33 bits per heavy atom. The van der Waals surface area contributed by atoms with Crippen LogP contribution < -0.4 is 4.74 Å². The second kappa shape index (κ2) is 8.18. The molecule has 33 heavy (non-hydrogen) atoms. The average molecular weight is 455 g/mol. The van der Waals surface area contributed by atoms with Crippen molar-refractivity contribution in [3.05, 3.63) is 28.3 Å². The van der Waals surface area contributed by atoms with E-state index in [0.29, 0.717) is 35.9 Å². The molecular weight excluding hydrogens is 416 g/mol. The molecule has 1 aromatic carbocycles. The Hall–Kier alpha value is -2.30. The maximum atomic E-state index is 12.0. The molecule has 0 radical (unpaired) electrons. The van der Waals surface area contributed by atoms with E-state index in [1.54, 1.807) is 0 Å². The smallest absolute Gasteiger partial charge is 0.157 e. The van der Waals surface area contributed by atoms with Gasteiger partial charge in [0, 0.05) is 11.5 Å². The van der Waals surface area contributed by atoms with Crippen LogP contribution in [0.2, 0.25) is 0 Å². The number of carbonyl (C=O) groups excluding carboxylic acids is 2. The van der Waals surface area contributed by atoms with Crippen molar-refractivity contribution < 1.29 is 24.5 Å². The van der Waals surface area contributed by atoms with Crippen molar-refractivity contribution in [3.8, 4) is 17.2 Å². The van der Waals surface area contributed by atoms with Crippen molar-refractivity contribution in [2.45, 2.75) is 85.2 Å². The summed E-state index contributed by atoms with van der Waals surface area (Å²) in [6.07, 6.45) is 7.96. The Morgan fingerprint density at radius 1 is 1.06 bits per heavy atom. The zero-order valence-electron chi connectivity index (χ0n) is 20.8. The van der Waals surface area contributed by atoms with Gasteiger partial charge in [-0.25, -0.2) is 0 Å². The lowest BCUT2D eigenvalue weighted by Crippen LogP contribution is -2.48. The molecule has 1 aliphatic heterocycles. The highest BCUT2D eigenvalue weighted by molar-refractivity contribution is 5.95. The Labute approximate surface area is 197 Å². The van der Waals surface area contributed by atoms with Crippen LogP contribution >= 0.6 is 0 Å². The highest BCUT2D eigenvalue weighted by Crippen LogP contribution is 2.64. The summed E-state index contributed by atoms with van der Waals surface area (Å²) in [5, 5.41) is 21.7. The summed E-state index contributed by atoms with van der Waals surface area (Å²) in [6.45, 7) is 13.3. The van der Waals surface area contributed by atoms with Gasteiger partial charge in [0.05, 0.1) is 11.1 Å². The summed E-state index contributed by atoms with van der Waals surface area (Å²) >= 11 is 0. The van der Waals surface area contributed by atoms with E-state index >= 15 is 0 Å². The van der Waals surface area contributed by atoms with E-state index in [4.69, 9.17) is 4.74 Å². The van der Waals surface area contributed by atoms with Crippen LogP contribution in [0.15, 0.2) is 11.6 Å². The molecule has 0 saturated heterocycles. The number of phenolic OH excluding ortho intramolecular Hbond substituents is 2. The molecule has 1 aromatic rings. The number of phenols is 2. The molecule has 2 N–H and O–H groups in total. The van der Waals surface area contributed by atoms with E-state index in [9.17, 15) is 19.8 Å². The normalized spacial score (nSPS) is 34.1. The third-order valence-corrected chi connectivity index (χ3v) is 8.85. The Balaban J connectivity index is 1.89. The first-order chi connectivity index (χ1) is 15.5. The lowest BCUT2D eigenvalue weighted by atomic mass is 9.65. The van der Waals surface area contributed by atoms with Crippen molar-refractivity contribution in [2.24, 2.45) is 29.1 Å². The quantitative estimate of drug-likeness (QED) is 0.405. The van der Waals surface area contributed by atoms with Crippen molar-refractivity contribution in [1.29, 1.82) is 0 Å². The summed E-state index contributed by atoms with van der Waals surface area (Å²) in [5.41, 5.74) is 1.39. The fourth-order valence-corrected chi connectivity index (χ4v) is 6.79. The van der Waals surface area contributed by atoms with E-state index < -0.39 is 11.4 Å². The van der Waals surface area contributed by atoms with Crippen molar-refractivity contribution in [3.63, 3.8) is 0 Å². The van der Waals surface area contributed by atoms with E-state index in [1.165, 1.54) is 5.57 Å². The van der Waals surface area contributed by atoms with Gasteiger partial charge in [-0.05, 0) is 75.0 Å². The predicted octanol–water partition coefficient (Wildman–Crippen LogP) is 6.41. The van der Waals surface area contributed by atoms with Gasteiger partial charge >= 0.3 is 0 Å². The molecule has 3 aliphatic rings. The standard InChI is InChI=1S/C28H38O5/c1-15(2)11-17-20-8-7-16(3)12-22-21(27(22,4)5)9-10-28(20,6)33-26-19(14-30)24(31)18(13-29)25(32)23(17)26/h12-15,17,20-22,31-32H,7-11H2,1-6H3/b16-12+/t17?,20-,21-,22+,28?/m1/s1. The number of rotatable bonds is 4. The lowest BCUT2D eigenvalue weighted by Gasteiger charge is -2.49. The Morgan fingerprint density at radius 2 is 1.73 bits per heavy atom. The summed E-state index contributed by atoms with van der Waals surface area (Å²) < 4.78 is 6.63. The minimum Gasteiger partial charge on any atom is -0.507 e. The zero-order valence-corrected chi connectivity index (χ0v) is 20.8. The SMILES string of the molecule is C/C1=C\[C@H]2[C@@H](CCC3(C)Oc4c(C=O)c(O)c(C=O)c(O)c4C(CC(C)C)[C@H]3CC1)C2(C)C. The van der Waals surface area contributed by atoms with Crippen LogP contribution in [0.25, 0.3) is 0 Å². The van der Waals surface area contributed by atoms with Crippen LogP contribution in [0, 0.1) is 29.1 Å². The van der Waals surface area contributed by atoms with Crippen LogP contribution in [0.4, 0.5) is 0 Å². The number of hydrogen-bond acceptors (Lipinski definition) is 5. The molecule has 180 valence electrons. The number of ether oxygens (including phenoxy) is 1. The molecule has 5 heteroatoms. The first-order valence-electron chi connectivity index (χ1n) is 12.3. The molecule has 2 aliphatic carbocycles. The van der Waals surface area contributed by atoms with Crippen LogP contribution in [-0.4, -0.2) is 28.4 Å². The maximum absolute atomic E-state index is 12.0. The lowest BCUT2D eigenvalue weighted by molar-refractivity contribution is -0.0253. The number of benzene rings is 1. The third kappa shape index (κ3) is 3.77. The summed E-state index contributed by atoms with van der Waals surface area (Å²) in [7, 11) is 0. The van der Waals surface area contributed by atoms with E-state index in [-0.39, 0.29) is 39.9 Å². The minimum atomic E-state index is -0.535. The van der Waals surface area contributed by atoms with Gasteiger partial charge in [0.2, 0.25) is 0 Å². The first-order valence-corrected chi connectivity index (χ1v) is 12.3. The number of fused-ring (bicyclic) bond motifs is 3. The largest absolute Gasteiger partial charge is 0.507 e. The van der Waals surface area contributed by atoms with Crippen molar-refractivity contribution in [1.82, 2.24) is 0 Å². The van der Waals surface area contributed by atoms with Gasteiger partial charge in [0.1, 0.15) is 22.8 Å². The second-order valence-corrected chi connectivity index (χ2v) is 11.8. The molecule has 1 heterocycles. The van der Waals surface area contributed by atoms with Gasteiger partial charge in [-0.15, -0.1) is 0 Å². The Kier molecular flexibility index (Phi) is 5.91. The minimum absolute atomic E-state index is 0.0314. The molecule has 5 atom stereocenters. The van der Waals surface area contributed by atoms with Crippen LogP contribution in [-0.2, 0) is 0 Å².